The van der Waals surface area contributed by atoms with Gasteiger partial charge in [0.05, 0.1) is 11.4 Å². The Hall–Kier alpha value is -3.68. The molecule has 2 aromatic carbocycles. The fourth-order valence-corrected chi connectivity index (χ4v) is 3.63. The van der Waals surface area contributed by atoms with Crippen molar-refractivity contribution >= 4 is 22.6 Å². The predicted octanol–water partition coefficient (Wildman–Crippen LogP) is 3.64. The Balaban J connectivity index is 1.72. The number of carbonyl (C=O) groups excluding carboxylic acids is 2. The largest absolute Gasteiger partial charge is 0.481 e. The van der Waals surface area contributed by atoms with Gasteiger partial charge in [0.1, 0.15) is 5.75 Å². The molecule has 3 aromatic rings. The molecule has 0 bridgehead atoms. The molecule has 1 atom stereocenters. The van der Waals surface area contributed by atoms with Gasteiger partial charge in [-0.15, -0.1) is 0 Å². The summed E-state index contributed by atoms with van der Waals surface area (Å²) in [7, 11) is 0. The number of aryl methyl sites for hydroxylation is 1. The van der Waals surface area contributed by atoms with Crippen molar-refractivity contribution in [3.8, 4) is 5.75 Å². The van der Waals surface area contributed by atoms with Gasteiger partial charge in [0.15, 0.2) is 11.8 Å². The molecule has 8 heteroatoms. The number of benzene rings is 2. The number of fused-ring (bicyclic) bond motifs is 1. The van der Waals surface area contributed by atoms with Crippen molar-refractivity contribution in [1.82, 2.24) is 20.6 Å². The second kappa shape index (κ2) is 9.85. The molecule has 0 saturated heterocycles. The second-order valence-corrected chi connectivity index (χ2v) is 8.61. The van der Waals surface area contributed by atoms with Crippen LogP contribution in [0.1, 0.15) is 68.2 Å². The first-order valence-electron chi connectivity index (χ1n) is 11.0. The summed E-state index contributed by atoms with van der Waals surface area (Å²) < 4.78 is 7.00. The number of nitrogens with zero attached hydrogens (tertiary/aromatic N) is 2. The summed E-state index contributed by atoms with van der Waals surface area (Å²) in [6.45, 7) is 11.4. The third-order valence-corrected chi connectivity index (χ3v) is 5.38. The fraction of sp³-hybridized carbons (Fsp3) is 0.360. The lowest BCUT2D eigenvalue weighted by molar-refractivity contribution is -0.128. The zero-order valence-electron chi connectivity index (χ0n) is 19.8. The number of rotatable bonds is 6. The zero-order chi connectivity index (χ0) is 24.3. The molecule has 2 amide bonds. The molecule has 0 aliphatic carbocycles. The molecule has 0 aliphatic rings. The van der Waals surface area contributed by atoms with E-state index < -0.39 is 17.9 Å². The Morgan fingerprint density at radius 1 is 0.970 bits per heavy atom. The van der Waals surface area contributed by atoms with Gasteiger partial charge in [0.2, 0.25) is 0 Å². The summed E-state index contributed by atoms with van der Waals surface area (Å²) >= 11 is 0. The number of ether oxygens (including phenoxy) is 1. The Bertz CT molecular complexity index is 1250. The Kier molecular flexibility index (Phi) is 7.16. The van der Waals surface area contributed by atoms with Crippen LogP contribution in [0.5, 0.6) is 5.75 Å². The number of hydrogen-bond acceptors (Lipinski definition) is 5. The van der Waals surface area contributed by atoms with Crippen LogP contribution in [0, 0.1) is 6.92 Å². The van der Waals surface area contributed by atoms with Gasteiger partial charge in [0.25, 0.3) is 17.4 Å². The van der Waals surface area contributed by atoms with Gasteiger partial charge in [-0.1, -0.05) is 38.1 Å². The number of aromatic nitrogens is 2. The van der Waals surface area contributed by atoms with Gasteiger partial charge >= 0.3 is 0 Å². The number of hydrogen-bond donors (Lipinski definition) is 2. The summed E-state index contributed by atoms with van der Waals surface area (Å²) in [6.07, 6.45) is -0.844. The first-order chi connectivity index (χ1) is 15.6. The average molecular weight is 451 g/mol. The van der Waals surface area contributed by atoms with E-state index in [1.54, 1.807) is 45.0 Å². The average Bonchev–Trinajstić information content (AvgIpc) is 2.77. The maximum Gasteiger partial charge on any atom is 0.290 e. The minimum atomic E-state index is -0.844. The lowest BCUT2D eigenvalue weighted by Crippen LogP contribution is -2.47. The van der Waals surface area contributed by atoms with Gasteiger partial charge in [0, 0.05) is 5.39 Å². The van der Waals surface area contributed by atoms with Crippen LogP contribution in [-0.4, -0.2) is 27.7 Å². The molecule has 0 radical (unpaired) electrons. The van der Waals surface area contributed by atoms with E-state index in [2.05, 4.69) is 29.8 Å². The molecule has 1 aromatic heterocycles. The van der Waals surface area contributed by atoms with E-state index in [-0.39, 0.29) is 17.3 Å². The summed E-state index contributed by atoms with van der Waals surface area (Å²) in [5.74, 6) is -0.180. The van der Waals surface area contributed by atoms with Crippen LogP contribution in [0.25, 0.3) is 10.8 Å². The van der Waals surface area contributed by atoms with Crippen LogP contribution in [0.2, 0.25) is 0 Å². The van der Waals surface area contributed by atoms with Gasteiger partial charge < -0.3 is 4.74 Å². The van der Waals surface area contributed by atoms with Crippen LogP contribution >= 0.6 is 0 Å². The molecule has 1 unspecified atom stereocenters. The second-order valence-electron chi connectivity index (χ2n) is 8.61. The lowest BCUT2D eigenvalue weighted by atomic mass is 9.98. The van der Waals surface area contributed by atoms with E-state index in [4.69, 9.17) is 4.74 Å². The highest BCUT2D eigenvalue weighted by atomic mass is 16.5. The van der Waals surface area contributed by atoms with Gasteiger partial charge in [-0.2, -0.15) is 5.10 Å². The van der Waals surface area contributed by atoms with E-state index in [9.17, 15) is 14.4 Å². The third kappa shape index (κ3) is 5.22. The Labute approximate surface area is 192 Å². The normalized spacial score (nSPS) is 12.1. The van der Waals surface area contributed by atoms with E-state index in [0.717, 1.165) is 5.56 Å². The predicted molar refractivity (Wildman–Crippen MR) is 127 cm³/mol. The van der Waals surface area contributed by atoms with E-state index in [0.29, 0.717) is 22.4 Å². The monoisotopic (exact) mass is 450 g/mol. The van der Waals surface area contributed by atoms with Gasteiger partial charge in [-0.25, -0.2) is 4.68 Å². The molecule has 0 aliphatic heterocycles. The molecule has 3 rings (SSSR count). The van der Waals surface area contributed by atoms with Crippen molar-refractivity contribution in [2.24, 2.45) is 0 Å². The summed E-state index contributed by atoms with van der Waals surface area (Å²) in [5.41, 5.74) is 6.84. The molecule has 1 heterocycles. The quantitative estimate of drug-likeness (QED) is 0.558. The first kappa shape index (κ1) is 24.0. The lowest BCUT2D eigenvalue weighted by Gasteiger charge is -2.17. The van der Waals surface area contributed by atoms with Gasteiger partial charge in [-0.05, 0) is 62.9 Å². The van der Waals surface area contributed by atoms with E-state index >= 15 is 0 Å². The zero-order valence-corrected chi connectivity index (χ0v) is 19.8. The van der Waals surface area contributed by atoms with Crippen LogP contribution < -0.4 is 21.1 Å². The summed E-state index contributed by atoms with van der Waals surface area (Å²) in [5, 5.41) is 5.03. The molecular weight excluding hydrogens is 420 g/mol. The maximum absolute atomic E-state index is 12.8. The minimum Gasteiger partial charge on any atom is -0.481 e. The van der Waals surface area contributed by atoms with E-state index in [1.165, 1.54) is 10.2 Å². The summed E-state index contributed by atoms with van der Waals surface area (Å²) in [4.78, 5) is 38.0. The number of amides is 2. The molecule has 8 nitrogen and oxygen atoms in total. The molecule has 0 fully saturated rings. The van der Waals surface area contributed by atoms with Crippen molar-refractivity contribution < 1.29 is 14.3 Å². The van der Waals surface area contributed by atoms with Crippen molar-refractivity contribution in [2.75, 3.05) is 0 Å². The third-order valence-electron chi connectivity index (χ3n) is 5.38. The highest BCUT2D eigenvalue weighted by Crippen LogP contribution is 2.24. The standard InChI is InChI=1S/C25H30N4O4/c1-14(2)19-12-11-18(13-16(19)5)33-17(6)23(30)26-27-24(31)22-20-9-7-8-10-21(20)25(32)29(28-22)15(3)4/h7-15,17H,1-6H3,(H,26,30)(H,27,31). The summed E-state index contributed by atoms with van der Waals surface area (Å²) in [6, 6.07) is 12.2. The Morgan fingerprint density at radius 3 is 2.24 bits per heavy atom. The highest BCUT2D eigenvalue weighted by Gasteiger charge is 2.20. The SMILES string of the molecule is Cc1cc(OC(C)C(=O)NNC(=O)c2nn(C(C)C)c(=O)c3ccccc23)ccc1C(C)C. The van der Waals surface area contributed by atoms with Crippen molar-refractivity contribution in [3.05, 3.63) is 69.6 Å². The highest BCUT2D eigenvalue weighted by molar-refractivity contribution is 6.05. The number of nitrogens with one attached hydrogen (secondary N) is 2. The molecule has 174 valence electrons. The van der Waals surface area contributed by atoms with E-state index in [1.807, 2.05) is 25.1 Å². The van der Waals surface area contributed by atoms with Crippen molar-refractivity contribution in [2.45, 2.75) is 59.6 Å². The van der Waals surface area contributed by atoms with Crippen molar-refractivity contribution in [1.29, 1.82) is 0 Å². The van der Waals surface area contributed by atoms with Crippen LogP contribution in [0.15, 0.2) is 47.3 Å². The Morgan fingerprint density at radius 2 is 1.64 bits per heavy atom. The molecular formula is C25H30N4O4. The molecule has 2 N–H and O–H groups in total. The molecule has 33 heavy (non-hydrogen) atoms. The van der Waals surface area contributed by atoms with Crippen LogP contribution in [-0.2, 0) is 4.79 Å². The smallest absolute Gasteiger partial charge is 0.290 e. The molecule has 0 spiro atoms. The minimum absolute atomic E-state index is 0.0488. The van der Waals surface area contributed by atoms with Crippen LogP contribution in [0.4, 0.5) is 0 Å². The first-order valence-corrected chi connectivity index (χ1v) is 11.0. The number of carbonyl (C=O) groups is 2. The topological polar surface area (TPSA) is 102 Å². The number of hydrazine groups is 1. The fourth-order valence-electron chi connectivity index (χ4n) is 3.63. The van der Waals surface area contributed by atoms with Gasteiger partial charge in [-0.3, -0.25) is 25.2 Å². The maximum atomic E-state index is 12.8. The van der Waals surface area contributed by atoms with Crippen LogP contribution in [0.3, 0.4) is 0 Å². The molecule has 0 saturated carbocycles. The van der Waals surface area contributed by atoms with Crippen molar-refractivity contribution in [3.63, 3.8) is 0 Å².